The van der Waals surface area contributed by atoms with Gasteiger partial charge >= 0.3 is 11.9 Å². The van der Waals surface area contributed by atoms with E-state index in [4.69, 9.17) is 14.2 Å². The maximum Gasteiger partial charge on any atom is 0.308 e. The molecule has 5 rings (SSSR count). The van der Waals surface area contributed by atoms with E-state index in [9.17, 15) is 9.59 Å². The molecule has 0 heterocycles. The average molecular weight is 475 g/mol. The van der Waals surface area contributed by atoms with E-state index in [1.165, 1.54) is 30.5 Å². The first kappa shape index (κ1) is 23.7. The molecule has 0 aliphatic heterocycles. The van der Waals surface area contributed by atoms with Gasteiger partial charge in [0.25, 0.3) is 0 Å². The lowest BCUT2D eigenvalue weighted by molar-refractivity contribution is -0.152. The standard InChI is InChI=1S/C30H34O5/c1-18(31)34-24-10-12-25-21(16-24)7-11-27-26(25)13-14-30(3)28(27)17-22(29(30)35-19(2)32)15-20-5-8-23(33-4)9-6-20/h5-6,8-10,12,15-16,26-29H,7,11,13-14,17H2,1-4H3/b22-15+/t26-,27+,28+,29-,30-/m0/s1. The Morgan fingerprint density at radius 3 is 2.43 bits per heavy atom. The number of carbonyl (C=O) groups excluding carboxylic acids is 2. The largest absolute Gasteiger partial charge is 0.497 e. The third-order valence-corrected chi connectivity index (χ3v) is 8.54. The molecule has 2 saturated carbocycles. The number of ether oxygens (including phenoxy) is 3. The minimum Gasteiger partial charge on any atom is -0.497 e. The fraction of sp³-hybridized carbons (Fsp3) is 0.467. The first-order chi connectivity index (χ1) is 16.8. The highest BCUT2D eigenvalue weighted by Gasteiger charge is 2.58. The second-order valence-electron chi connectivity index (χ2n) is 10.6. The van der Waals surface area contributed by atoms with Crippen molar-refractivity contribution in [1.82, 2.24) is 0 Å². The normalized spacial score (nSPS) is 30.1. The van der Waals surface area contributed by atoms with Crippen LogP contribution in [0, 0.1) is 17.3 Å². The maximum absolute atomic E-state index is 12.2. The number of fused-ring (bicyclic) bond motifs is 5. The Hall–Kier alpha value is -3.08. The molecule has 0 aromatic heterocycles. The van der Waals surface area contributed by atoms with Gasteiger partial charge in [-0.2, -0.15) is 0 Å². The summed E-state index contributed by atoms with van der Waals surface area (Å²) in [6.45, 7) is 5.29. The second-order valence-corrected chi connectivity index (χ2v) is 10.6. The first-order valence-electron chi connectivity index (χ1n) is 12.6. The summed E-state index contributed by atoms with van der Waals surface area (Å²) in [5.41, 5.74) is 4.95. The van der Waals surface area contributed by atoms with Crippen LogP contribution in [0.1, 0.15) is 69.1 Å². The van der Waals surface area contributed by atoms with Crippen LogP contribution in [0.2, 0.25) is 0 Å². The zero-order valence-corrected chi connectivity index (χ0v) is 21.0. The molecule has 0 bridgehead atoms. The summed E-state index contributed by atoms with van der Waals surface area (Å²) >= 11 is 0. The SMILES string of the molecule is COc1ccc(/C=C2\C[C@@H]3[C@@H]4CCc5cc(OC(C)=O)ccc5[C@@H]4CC[C@]3(C)[C@H]2OC(C)=O)cc1. The van der Waals surface area contributed by atoms with Gasteiger partial charge in [0.2, 0.25) is 0 Å². The fourth-order valence-corrected chi connectivity index (χ4v) is 7.06. The molecule has 5 heteroatoms. The van der Waals surface area contributed by atoms with E-state index in [1.54, 1.807) is 7.11 Å². The molecular weight excluding hydrogens is 440 g/mol. The van der Waals surface area contributed by atoms with Gasteiger partial charge in [-0.3, -0.25) is 9.59 Å². The summed E-state index contributed by atoms with van der Waals surface area (Å²) in [6, 6.07) is 14.2. The van der Waals surface area contributed by atoms with Gasteiger partial charge in [-0.15, -0.1) is 0 Å². The number of methoxy groups -OCH3 is 1. The summed E-state index contributed by atoms with van der Waals surface area (Å²) in [6.07, 6.45) is 7.14. The monoisotopic (exact) mass is 474 g/mol. The van der Waals surface area contributed by atoms with Gasteiger partial charge in [0.05, 0.1) is 7.11 Å². The van der Waals surface area contributed by atoms with E-state index in [0.29, 0.717) is 23.5 Å². The highest BCUT2D eigenvalue weighted by atomic mass is 16.5. The van der Waals surface area contributed by atoms with Crippen LogP contribution in [0.3, 0.4) is 0 Å². The van der Waals surface area contributed by atoms with Crippen LogP contribution in [-0.4, -0.2) is 25.2 Å². The van der Waals surface area contributed by atoms with Crippen LogP contribution in [0.5, 0.6) is 11.5 Å². The van der Waals surface area contributed by atoms with Gasteiger partial charge in [-0.25, -0.2) is 0 Å². The lowest BCUT2D eigenvalue weighted by Gasteiger charge is -2.50. The summed E-state index contributed by atoms with van der Waals surface area (Å²) in [5, 5.41) is 0. The number of hydrogen-bond donors (Lipinski definition) is 0. The second kappa shape index (κ2) is 9.18. The zero-order valence-electron chi connectivity index (χ0n) is 21.0. The Bertz CT molecular complexity index is 1160. The van der Waals surface area contributed by atoms with Crippen LogP contribution in [0.25, 0.3) is 6.08 Å². The van der Waals surface area contributed by atoms with Gasteiger partial charge < -0.3 is 14.2 Å². The molecule has 0 N–H and O–H groups in total. The summed E-state index contributed by atoms with van der Waals surface area (Å²) < 4.78 is 16.7. The molecule has 3 aliphatic carbocycles. The van der Waals surface area contributed by atoms with E-state index in [2.05, 4.69) is 31.2 Å². The molecule has 35 heavy (non-hydrogen) atoms. The fourth-order valence-electron chi connectivity index (χ4n) is 7.06. The topological polar surface area (TPSA) is 61.8 Å². The van der Waals surface area contributed by atoms with Crippen LogP contribution < -0.4 is 9.47 Å². The highest BCUT2D eigenvalue weighted by molar-refractivity contribution is 5.69. The third kappa shape index (κ3) is 4.37. The van der Waals surface area contributed by atoms with Crippen molar-refractivity contribution in [3.05, 3.63) is 64.7 Å². The Kier molecular flexibility index (Phi) is 6.20. The van der Waals surface area contributed by atoms with Crippen molar-refractivity contribution in [3.63, 3.8) is 0 Å². The lowest BCUT2D eigenvalue weighted by atomic mass is 9.55. The van der Waals surface area contributed by atoms with Crippen molar-refractivity contribution < 1.29 is 23.8 Å². The van der Waals surface area contributed by atoms with Gasteiger partial charge in [0.15, 0.2) is 0 Å². The smallest absolute Gasteiger partial charge is 0.308 e. The number of aryl methyl sites for hydroxylation is 1. The molecule has 0 spiro atoms. The summed E-state index contributed by atoms with van der Waals surface area (Å²) in [5.74, 6) is 2.45. The van der Waals surface area contributed by atoms with Crippen LogP contribution in [-0.2, 0) is 20.7 Å². The van der Waals surface area contributed by atoms with Crippen molar-refractivity contribution in [2.45, 2.75) is 64.9 Å². The number of carbonyl (C=O) groups is 2. The average Bonchev–Trinajstić information content (AvgIpc) is 3.10. The molecule has 0 radical (unpaired) electrons. The number of rotatable bonds is 4. The van der Waals surface area contributed by atoms with Crippen molar-refractivity contribution in [3.8, 4) is 11.5 Å². The van der Waals surface area contributed by atoms with Crippen molar-refractivity contribution >= 4 is 18.0 Å². The van der Waals surface area contributed by atoms with Gasteiger partial charge in [-0.05, 0) is 96.4 Å². The highest BCUT2D eigenvalue weighted by Crippen LogP contribution is 2.63. The molecule has 2 aromatic rings. The van der Waals surface area contributed by atoms with Gasteiger partial charge in [0, 0.05) is 19.3 Å². The van der Waals surface area contributed by atoms with Crippen LogP contribution in [0.4, 0.5) is 0 Å². The molecule has 2 fully saturated rings. The predicted molar refractivity (Wildman–Crippen MR) is 134 cm³/mol. The van der Waals surface area contributed by atoms with E-state index >= 15 is 0 Å². The summed E-state index contributed by atoms with van der Waals surface area (Å²) in [7, 11) is 1.67. The van der Waals surface area contributed by atoms with E-state index in [-0.39, 0.29) is 23.5 Å². The molecule has 0 amide bonds. The van der Waals surface area contributed by atoms with Crippen molar-refractivity contribution in [2.75, 3.05) is 7.11 Å². The zero-order chi connectivity index (χ0) is 24.7. The Morgan fingerprint density at radius 2 is 1.74 bits per heavy atom. The third-order valence-electron chi connectivity index (χ3n) is 8.54. The molecule has 3 aliphatic rings. The Morgan fingerprint density at radius 1 is 1.00 bits per heavy atom. The molecule has 0 saturated heterocycles. The molecule has 0 unspecified atom stereocenters. The summed E-state index contributed by atoms with van der Waals surface area (Å²) in [4.78, 5) is 23.6. The Labute approximate surface area is 207 Å². The van der Waals surface area contributed by atoms with E-state index in [1.807, 2.05) is 24.3 Å². The Balaban J connectivity index is 1.46. The van der Waals surface area contributed by atoms with Crippen LogP contribution in [0.15, 0.2) is 48.0 Å². The lowest BCUT2D eigenvalue weighted by Crippen LogP contribution is -2.45. The van der Waals surface area contributed by atoms with Crippen molar-refractivity contribution in [1.29, 1.82) is 0 Å². The predicted octanol–water partition coefficient (Wildman–Crippen LogP) is 6.10. The minimum atomic E-state index is -0.286. The minimum absolute atomic E-state index is 0.0691. The first-order valence-corrected chi connectivity index (χ1v) is 12.6. The molecule has 2 aromatic carbocycles. The molecule has 184 valence electrons. The number of benzene rings is 2. The quantitative estimate of drug-likeness (QED) is 0.396. The molecule has 5 atom stereocenters. The van der Waals surface area contributed by atoms with E-state index < -0.39 is 0 Å². The van der Waals surface area contributed by atoms with Gasteiger partial charge in [0.1, 0.15) is 17.6 Å². The molecular formula is C30H34O5. The maximum atomic E-state index is 12.2. The molecule has 5 nitrogen and oxygen atoms in total. The van der Waals surface area contributed by atoms with Crippen molar-refractivity contribution in [2.24, 2.45) is 17.3 Å². The van der Waals surface area contributed by atoms with Crippen LogP contribution >= 0.6 is 0 Å². The van der Waals surface area contributed by atoms with Gasteiger partial charge in [-0.1, -0.05) is 31.2 Å². The number of esters is 2. The number of hydrogen-bond acceptors (Lipinski definition) is 5. The van der Waals surface area contributed by atoms with E-state index in [0.717, 1.165) is 43.4 Å².